The molecule has 0 amide bonds. The van der Waals surface area contributed by atoms with E-state index in [-0.39, 0.29) is 0 Å². The topological polar surface area (TPSA) is 58.3 Å². The van der Waals surface area contributed by atoms with Crippen LogP contribution in [0.5, 0.6) is 0 Å². The zero-order chi connectivity index (χ0) is 14.8. The molecule has 1 atom stereocenters. The molecule has 1 saturated heterocycles. The number of guanidine groups is 1. The molecule has 6 nitrogen and oxygen atoms in total. The van der Waals surface area contributed by atoms with Crippen molar-refractivity contribution >= 4 is 5.96 Å². The minimum atomic E-state index is 0.595. The summed E-state index contributed by atoms with van der Waals surface area (Å²) in [6.45, 7) is 7.11. The quantitative estimate of drug-likeness (QED) is 0.676. The molecule has 21 heavy (non-hydrogen) atoms. The van der Waals surface area contributed by atoms with Crippen LogP contribution in [0.4, 0.5) is 0 Å². The highest BCUT2D eigenvalue weighted by molar-refractivity contribution is 5.80. The third kappa shape index (κ3) is 3.54. The minimum Gasteiger partial charge on any atom is -0.353 e. The second kappa shape index (κ2) is 6.03. The van der Waals surface area contributed by atoms with Crippen molar-refractivity contribution < 1.29 is 0 Å². The van der Waals surface area contributed by atoms with Crippen molar-refractivity contribution in [3.05, 3.63) is 11.6 Å². The van der Waals surface area contributed by atoms with E-state index in [1.165, 1.54) is 25.7 Å². The van der Waals surface area contributed by atoms with E-state index in [9.17, 15) is 0 Å². The van der Waals surface area contributed by atoms with Crippen LogP contribution in [0.3, 0.4) is 0 Å². The molecular weight excluding hydrogens is 264 g/mol. The fourth-order valence-corrected chi connectivity index (χ4v) is 2.76. The van der Waals surface area contributed by atoms with E-state index in [1.807, 2.05) is 18.5 Å². The van der Waals surface area contributed by atoms with Gasteiger partial charge >= 0.3 is 0 Å². The molecule has 0 bridgehead atoms. The van der Waals surface area contributed by atoms with Crippen LogP contribution in [-0.2, 0) is 13.6 Å². The molecular formula is C15H26N6. The Labute approximate surface area is 126 Å². The molecule has 2 fully saturated rings. The Morgan fingerprint density at radius 3 is 2.76 bits per heavy atom. The number of piperidine rings is 1. The number of aromatic nitrogens is 3. The Kier molecular flexibility index (Phi) is 4.12. The molecule has 1 aliphatic carbocycles. The molecule has 3 rings (SSSR count). The van der Waals surface area contributed by atoms with Gasteiger partial charge in [-0.05, 0) is 38.5 Å². The molecule has 1 aliphatic heterocycles. The van der Waals surface area contributed by atoms with Crippen molar-refractivity contribution in [2.24, 2.45) is 18.0 Å². The summed E-state index contributed by atoms with van der Waals surface area (Å²) < 4.78 is 2.01. The monoisotopic (exact) mass is 290 g/mol. The Hall–Kier alpha value is -1.59. The number of nitrogens with one attached hydrogen (secondary N) is 1. The van der Waals surface area contributed by atoms with Gasteiger partial charge in [0.15, 0.2) is 11.8 Å². The first-order valence-corrected chi connectivity index (χ1v) is 8.04. The summed E-state index contributed by atoms with van der Waals surface area (Å²) >= 11 is 0. The van der Waals surface area contributed by atoms with Gasteiger partial charge in [-0.25, -0.2) is 4.99 Å². The predicted octanol–water partition coefficient (Wildman–Crippen LogP) is 1.46. The number of hydrogen-bond acceptors (Lipinski definition) is 3. The highest BCUT2D eigenvalue weighted by Crippen LogP contribution is 2.21. The average Bonchev–Trinajstić information content (AvgIpc) is 3.23. The maximum Gasteiger partial charge on any atom is 0.194 e. The lowest BCUT2D eigenvalue weighted by molar-refractivity contribution is 0.265. The highest BCUT2D eigenvalue weighted by Gasteiger charge is 2.26. The second-order valence-corrected chi connectivity index (χ2v) is 6.47. The van der Waals surface area contributed by atoms with Gasteiger partial charge in [-0.2, -0.15) is 0 Å². The summed E-state index contributed by atoms with van der Waals surface area (Å²) in [4.78, 5) is 7.23. The van der Waals surface area contributed by atoms with Crippen LogP contribution in [0.1, 0.15) is 44.3 Å². The molecule has 6 heteroatoms. The molecule has 116 valence electrons. The van der Waals surface area contributed by atoms with E-state index < -0.39 is 0 Å². The predicted molar refractivity (Wildman–Crippen MR) is 83.0 cm³/mol. The number of rotatable bonds is 3. The Morgan fingerprint density at radius 1 is 1.33 bits per heavy atom. The molecule has 0 aromatic carbocycles. The van der Waals surface area contributed by atoms with Crippen molar-refractivity contribution in [1.82, 2.24) is 25.0 Å². The van der Waals surface area contributed by atoms with E-state index in [2.05, 4.69) is 27.3 Å². The molecule has 1 N–H and O–H groups in total. The largest absolute Gasteiger partial charge is 0.353 e. The smallest absolute Gasteiger partial charge is 0.194 e. The van der Waals surface area contributed by atoms with E-state index in [4.69, 9.17) is 4.99 Å². The molecule has 0 spiro atoms. The van der Waals surface area contributed by atoms with Gasteiger partial charge in [0.25, 0.3) is 0 Å². The normalized spacial score (nSPS) is 23.5. The van der Waals surface area contributed by atoms with Gasteiger partial charge in [0.2, 0.25) is 0 Å². The van der Waals surface area contributed by atoms with Crippen molar-refractivity contribution in [2.75, 3.05) is 13.1 Å². The van der Waals surface area contributed by atoms with E-state index >= 15 is 0 Å². The summed E-state index contributed by atoms with van der Waals surface area (Å²) in [6, 6.07) is 0.627. The minimum absolute atomic E-state index is 0.595. The van der Waals surface area contributed by atoms with Crippen molar-refractivity contribution in [3.63, 3.8) is 0 Å². The summed E-state index contributed by atoms with van der Waals surface area (Å²) in [6.07, 6.45) is 5.13. The summed E-state index contributed by atoms with van der Waals surface area (Å²) in [5.41, 5.74) is 0. The first kappa shape index (κ1) is 14.4. The maximum atomic E-state index is 4.81. The van der Waals surface area contributed by atoms with Gasteiger partial charge < -0.3 is 14.8 Å². The first-order chi connectivity index (χ1) is 10.1. The van der Waals surface area contributed by atoms with Crippen LogP contribution < -0.4 is 5.32 Å². The molecule has 1 unspecified atom stereocenters. The number of nitrogens with zero attached hydrogens (tertiary/aromatic N) is 5. The summed E-state index contributed by atoms with van der Waals surface area (Å²) in [7, 11) is 2.00. The van der Waals surface area contributed by atoms with Crippen LogP contribution in [0.2, 0.25) is 0 Å². The standard InChI is InChI=1S/C15H26N6/c1-11-5-4-8-21(10-11)15(17-13-6-7-13)16-9-14-19-18-12(2)20(14)3/h11,13H,4-10H2,1-3H3,(H,16,17). The third-order valence-electron chi connectivity index (χ3n) is 4.42. The van der Waals surface area contributed by atoms with Gasteiger partial charge in [-0.3, -0.25) is 0 Å². The fourth-order valence-electron chi connectivity index (χ4n) is 2.76. The first-order valence-electron chi connectivity index (χ1n) is 8.04. The molecule has 2 aliphatic rings. The molecule has 1 aromatic rings. The van der Waals surface area contributed by atoms with Gasteiger partial charge in [0.1, 0.15) is 12.4 Å². The van der Waals surface area contributed by atoms with Gasteiger partial charge in [-0.15, -0.1) is 10.2 Å². The molecule has 1 saturated carbocycles. The fraction of sp³-hybridized carbons (Fsp3) is 0.800. The van der Waals surface area contributed by atoms with Crippen LogP contribution in [0.15, 0.2) is 4.99 Å². The van der Waals surface area contributed by atoms with Crippen LogP contribution in [-0.4, -0.2) is 44.8 Å². The Balaban J connectivity index is 1.71. The number of hydrogen-bond donors (Lipinski definition) is 1. The van der Waals surface area contributed by atoms with Gasteiger partial charge in [0.05, 0.1) is 0 Å². The number of aryl methyl sites for hydroxylation is 1. The lowest BCUT2D eigenvalue weighted by Crippen LogP contribution is -2.47. The maximum absolute atomic E-state index is 4.81. The SMILES string of the molecule is Cc1nnc(CN=C(NC2CC2)N2CCCC(C)C2)n1C. The van der Waals surface area contributed by atoms with Gasteiger partial charge in [-0.1, -0.05) is 6.92 Å². The van der Waals surface area contributed by atoms with E-state index in [1.54, 1.807) is 0 Å². The number of likely N-dealkylation sites (tertiary alicyclic amines) is 1. The highest BCUT2D eigenvalue weighted by atomic mass is 15.3. The van der Waals surface area contributed by atoms with Crippen molar-refractivity contribution in [1.29, 1.82) is 0 Å². The van der Waals surface area contributed by atoms with Crippen LogP contribution in [0.25, 0.3) is 0 Å². The van der Waals surface area contributed by atoms with Crippen LogP contribution >= 0.6 is 0 Å². The Morgan fingerprint density at radius 2 is 2.14 bits per heavy atom. The molecule has 2 heterocycles. The zero-order valence-corrected chi connectivity index (χ0v) is 13.3. The second-order valence-electron chi connectivity index (χ2n) is 6.47. The Bertz CT molecular complexity index is 516. The summed E-state index contributed by atoms with van der Waals surface area (Å²) in [5, 5.41) is 11.9. The third-order valence-corrected chi connectivity index (χ3v) is 4.42. The van der Waals surface area contributed by atoms with Crippen molar-refractivity contribution in [2.45, 2.75) is 52.1 Å². The zero-order valence-electron chi connectivity index (χ0n) is 13.3. The molecule has 0 radical (unpaired) electrons. The average molecular weight is 290 g/mol. The lowest BCUT2D eigenvalue weighted by atomic mass is 10.0. The lowest BCUT2D eigenvalue weighted by Gasteiger charge is -2.33. The van der Waals surface area contributed by atoms with Gasteiger partial charge in [0, 0.05) is 26.2 Å². The van der Waals surface area contributed by atoms with Crippen molar-refractivity contribution in [3.8, 4) is 0 Å². The van der Waals surface area contributed by atoms with E-state index in [0.29, 0.717) is 12.6 Å². The van der Waals surface area contributed by atoms with E-state index in [0.717, 1.165) is 36.6 Å². The number of aliphatic imine (C=N–C) groups is 1. The summed E-state index contributed by atoms with van der Waals surface area (Å²) in [5.74, 6) is 3.67. The molecule has 1 aromatic heterocycles. The van der Waals surface area contributed by atoms with Crippen LogP contribution in [0, 0.1) is 12.8 Å².